The molecule has 2 unspecified atom stereocenters. The number of aliphatic imine (C=N–C) groups is 1. The Kier molecular flexibility index (Phi) is 12.3. The van der Waals surface area contributed by atoms with E-state index in [1.807, 2.05) is 72.8 Å². The van der Waals surface area contributed by atoms with Gasteiger partial charge in [-0.25, -0.2) is 0 Å². The molecule has 0 saturated heterocycles. The molecule has 0 amide bonds. The van der Waals surface area contributed by atoms with Crippen molar-refractivity contribution in [1.82, 2.24) is 9.56 Å². The quantitative estimate of drug-likeness (QED) is 0.127. The number of hydrogen-bond acceptors (Lipinski definition) is 9. The van der Waals surface area contributed by atoms with Gasteiger partial charge in [-0.05, 0) is 89.5 Å². The summed E-state index contributed by atoms with van der Waals surface area (Å²) in [7, 11) is 4.28. The highest BCUT2D eigenvalue weighted by molar-refractivity contribution is 8.02. The first kappa shape index (κ1) is 30.2. The van der Waals surface area contributed by atoms with E-state index < -0.39 is 14.1 Å². The second-order valence-corrected chi connectivity index (χ2v) is 12.2. The smallest absolute Gasteiger partial charge is 0.497 e. The van der Waals surface area contributed by atoms with Crippen LogP contribution in [0.1, 0.15) is 16.7 Å². The van der Waals surface area contributed by atoms with Gasteiger partial charge in [-0.2, -0.15) is 4.52 Å². The van der Waals surface area contributed by atoms with Gasteiger partial charge in [0.25, 0.3) is 0 Å². The molecule has 39 heavy (non-hydrogen) atoms. The van der Waals surface area contributed by atoms with Gasteiger partial charge in [0.05, 0.1) is 40.7 Å². The molecule has 0 bridgehead atoms. The summed E-state index contributed by atoms with van der Waals surface area (Å²) in [6, 6.07) is 22.6. The Bertz CT molecular complexity index is 1320. The van der Waals surface area contributed by atoms with Gasteiger partial charge < -0.3 is 9.47 Å². The lowest BCUT2D eigenvalue weighted by Crippen LogP contribution is -2.03. The van der Waals surface area contributed by atoms with Gasteiger partial charge in [0.2, 0.25) is 23.6 Å². The third-order valence-corrected chi connectivity index (χ3v) is 8.90. The molecule has 13 heteroatoms. The van der Waals surface area contributed by atoms with E-state index in [2.05, 4.69) is 15.2 Å². The van der Waals surface area contributed by atoms with Crippen LogP contribution in [0.3, 0.4) is 0 Å². The number of hydrogen-bond donors (Lipinski definition) is 0. The van der Waals surface area contributed by atoms with Gasteiger partial charge >= 0.3 is 14.1 Å². The number of ether oxygens (including phenoxy) is 2. The zero-order valence-corrected chi connectivity index (χ0v) is 25.4. The van der Waals surface area contributed by atoms with E-state index in [-0.39, 0.29) is 6.73 Å². The van der Waals surface area contributed by atoms with E-state index in [9.17, 15) is 0 Å². The van der Waals surface area contributed by atoms with Gasteiger partial charge in [0.15, 0.2) is 12.5 Å². The van der Waals surface area contributed by atoms with Crippen molar-refractivity contribution in [1.29, 1.82) is 0 Å². The molecule has 2 atom stereocenters. The monoisotopic (exact) mass is 601 g/mol. The Morgan fingerprint density at radius 2 is 1.13 bits per heavy atom. The number of rotatable bonds is 14. The summed E-state index contributed by atoms with van der Waals surface area (Å²) >= 11 is 10.6. The summed E-state index contributed by atoms with van der Waals surface area (Å²) < 4.78 is 25.1. The predicted octanol–water partition coefficient (Wildman–Crippen LogP) is 5.96. The molecule has 0 aliphatic heterocycles. The van der Waals surface area contributed by atoms with Crippen LogP contribution < -0.4 is 14.0 Å². The van der Waals surface area contributed by atoms with Crippen molar-refractivity contribution in [3.63, 3.8) is 0 Å². The van der Waals surface area contributed by atoms with Crippen LogP contribution in [0, 0.1) is 0 Å². The minimum absolute atomic E-state index is 0.191. The maximum absolute atomic E-state index is 5.88. The topological polar surface area (TPSA) is 80.5 Å². The summed E-state index contributed by atoms with van der Waals surface area (Å²) in [6.45, 7) is 0.191. The lowest BCUT2D eigenvalue weighted by atomic mass is 10.2. The van der Waals surface area contributed by atoms with Gasteiger partial charge in [-0.3, -0.25) is 9.52 Å². The lowest BCUT2D eigenvalue weighted by molar-refractivity contribution is 0.332. The Labute approximate surface area is 240 Å². The maximum atomic E-state index is 5.88. The van der Waals surface area contributed by atoms with Crippen LogP contribution in [0.25, 0.3) is 0 Å². The van der Waals surface area contributed by atoms with Crippen molar-refractivity contribution < 1.29 is 18.5 Å². The Hall–Kier alpha value is -3.33. The van der Waals surface area contributed by atoms with E-state index in [4.69, 9.17) is 42.1 Å². The molecule has 0 saturated carbocycles. The molecule has 0 radical (unpaired) electrons. The van der Waals surface area contributed by atoms with Crippen molar-refractivity contribution in [3.05, 3.63) is 89.5 Å². The third kappa shape index (κ3) is 10.4. The molecule has 0 aromatic heterocycles. The highest BCUT2D eigenvalue weighted by Crippen LogP contribution is 2.30. The fourth-order valence-corrected chi connectivity index (χ4v) is 4.30. The number of benzene rings is 3. The maximum Gasteiger partial charge on any atom is 0.540 e. The van der Waals surface area contributed by atoms with E-state index in [1.54, 1.807) is 56.5 Å². The van der Waals surface area contributed by atoms with E-state index in [0.29, 0.717) is 11.5 Å². The van der Waals surface area contributed by atoms with E-state index in [1.165, 1.54) is 0 Å². The Balaban J connectivity index is 1.43. The fourth-order valence-electron chi connectivity index (χ4n) is 2.86. The Morgan fingerprint density at radius 1 is 0.667 bits per heavy atom. The van der Waals surface area contributed by atoms with Crippen LogP contribution in [-0.2, 0) is 28.1 Å². The molecular weight excluding hydrogens is 572 g/mol. The van der Waals surface area contributed by atoms with Gasteiger partial charge in [-0.15, -0.1) is 10.2 Å². The SMILES string of the molecule is COc1ccc(/C=N/N(C)[P+](=S)Oc2ccc(C=NCOc3ccc(/C=N/N(C)[P+](=S)OC)cc3)cc2)cc1. The van der Waals surface area contributed by atoms with Crippen LogP contribution in [0.4, 0.5) is 0 Å². The summed E-state index contributed by atoms with van der Waals surface area (Å²) in [5.41, 5.74) is 2.78. The summed E-state index contributed by atoms with van der Waals surface area (Å²) in [6.07, 6.45) is 5.19. The van der Waals surface area contributed by atoms with Crippen molar-refractivity contribution in [2.24, 2.45) is 15.2 Å². The molecule has 202 valence electrons. The first-order valence-electron chi connectivity index (χ1n) is 11.6. The van der Waals surface area contributed by atoms with Crippen LogP contribution in [0.2, 0.25) is 0 Å². The van der Waals surface area contributed by atoms with Crippen LogP contribution in [0.5, 0.6) is 17.2 Å². The van der Waals surface area contributed by atoms with Crippen molar-refractivity contribution in [3.8, 4) is 17.2 Å². The zero-order valence-electron chi connectivity index (χ0n) is 21.9. The average Bonchev–Trinajstić information content (AvgIpc) is 2.98. The minimum atomic E-state index is -1.36. The molecule has 0 N–H and O–H groups in total. The van der Waals surface area contributed by atoms with Gasteiger partial charge in [-0.1, -0.05) is 9.56 Å². The molecule has 0 aliphatic carbocycles. The standard InChI is InChI=1S/C26H29N5O4P2S2/c1-30(36(38)33-4)28-18-23-7-13-25(14-8-23)34-20-27-17-21-9-15-26(16-10-21)35-37(39)31(2)29-19-22-5-11-24(32-3)12-6-22/h5-19H,20H2,1-4H3/q+2/b27-17?,28-18+,29-19+. The summed E-state index contributed by atoms with van der Waals surface area (Å²) in [5, 5.41) is 8.66. The number of methoxy groups -OCH3 is 1. The molecule has 0 heterocycles. The highest BCUT2D eigenvalue weighted by atomic mass is 32.4. The van der Waals surface area contributed by atoms with Crippen LogP contribution in [0.15, 0.2) is 88.0 Å². The average molecular weight is 602 g/mol. The molecular formula is C26H29N5O4P2S2+2. The predicted molar refractivity (Wildman–Crippen MR) is 166 cm³/mol. The Morgan fingerprint density at radius 3 is 1.64 bits per heavy atom. The van der Waals surface area contributed by atoms with E-state index >= 15 is 0 Å². The molecule has 3 aromatic carbocycles. The first-order valence-corrected chi connectivity index (χ1v) is 16.0. The summed E-state index contributed by atoms with van der Waals surface area (Å²) in [4.78, 5) is 4.33. The number of nitrogens with zero attached hydrogens (tertiary/aromatic N) is 5. The highest BCUT2D eigenvalue weighted by Gasteiger charge is 2.20. The second kappa shape index (κ2) is 15.9. The van der Waals surface area contributed by atoms with Gasteiger partial charge in [0.1, 0.15) is 11.5 Å². The van der Waals surface area contributed by atoms with Crippen LogP contribution >= 0.6 is 14.1 Å². The molecule has 3 aromatic rings. The minimum Gasteiger partial charge on any atom is -0.497 e. The molecule has 9 nitrogen and oxygen atoms in total. The number of hydrazone groups is 2. The first-order chi connectivity index (χ1) is 18.9. The summed E-state index contributed by atoms with van der Waals surface area (Å²) in [5.74, 6) is 2.17. The van der Waals surface area contributed by atoms with Crippen molar-refractivity contribution >= 4 is 56.4 Å². The largest absolute Gasteiger partial charge is 0.540 e. The van der Waals surface area contributed by atoms with Crippen molar-refractivity contribution in [2.45, 2.75) is 0 Å². The third-order valence-electron chi connectivity index (χ3n) is 4.98. The molecule has 0 aliphatic rings. The molecule has 3 rings (SSSR count). The zero-order chi connectivity index (χ0) is 28.0. The normalized spacial score (nSPS) is 12.1. The lowest BCUT2D eigenvalue weighted by Gasteiger charge is -2.04. The molecule has 0 fully saturated rings. The second-order valence-electron chi connectivity index (χ2n) is 7.71. The van der Waals surface area contributed by atoms with Crippen LogP contribution in [-0.4, -0.2) is 63.2 Å². The van der Waals surface area contributed by atoms with Gasteiger partial charge in [0, 0.05) is 6.21 Å². The van der Waals surface area contributed by atoms with Crippen molar-refractivity contribution in [2.75, 3.05) is 35.0 Å². The van der Waals surface area contributed by atoms with E-state index in [0.717, 1.165) is 22.4 Å². The molecule has 0 spiro atoms. The fraction of sp³-hybridized carbons (Fsp3) is 0.192.